The van der Waals surface area contributed by atoms with Crippen molar-refractivity contribution in [2.75, 3.05) is 6.61 Å². The van der Waals surface area contributed by atoms with E-state index in [1.807, 2.05) is 32.9 Å². The zero-order chi connectivity index (χ0) is 12.3. The summed E-state index contributed by atoms with van der Waals surface area (Å²) in [4.78, 5) is 11.8. The SMILES string of the molecule is CCOc1cc(C)c(C(=O)C(C)Cl)cc1C. The van der Waals surface area contributed by atoms with Gasteiger partial charge < -0.3 is 4.74 Å². The Morgan fingerprint density at radius 2 is 2.00 bits per heavy atom. The zero-order valence-corrected chi connectivity index (χ0v) is 10.9. The van der Waals surface area contributed by atoms with Gasteiger partial charge >= 0.3 is 0 Å². The quantitative estimate of drug-likeness (QED) is 0.595. The third-order valence-electron chi connectivity index (χ3n) is 2.45. The molecule has 88 valence electrons. The molecule has 0 spiro atoms. The van der Waals surface area contributed by atoms with Crippen LogP contribution in [0.25, 0.3) is 0 Å². The maximum Gasteiger partial charge on any atom is 0.180 e. The molecular weight excluding hydrogens is 224 g/mol. The number of alkyl halides is 1. The fourth-order valence-electron chi connectivity index (χ4n) is 1.58. The number of aryl methyl sites for hydroxylation is 2. The Balaban J connectivity index is 3.15. The third-order valence-corrected chi connectivity index (χ3v) is 2.65. The molecule has 0 aliphatic rings. The molecule has 0 bridgehead atoms. The van der Waals surface area contributed by atoms with E-state index in [0.29, 0.717) is 12.2 Å². The van der Waals surface area contributed by atoms with Gasteiger partial charge in [0.25, 0.3) is 0 Å². The molecule has 0 heterocycles. The van der Waals surface area contributed by atoms with Gasteiger partial charge in [0.15, 0.2) is 5.78 Å². The summed E-state index contributed by atoms with van der Waals surface area (Å²) in [5.41, 5.74) is 2.56. The van der Waals surface area contributed by atoms with E-state index in [-0.39, 0.29) is 5.78 Å². The molecule has 1 aromatic rings. The Bertz CT molecular complexity index is 397. The molecule has 0 aromatic heterocycles. The highest BCUT2D eigenvalue weighted by atomic mass is 35.5. The van der Waals surface area contributed by atoms with Crippen molar-refractivity contribution in [3.63, 3.8) is 0 Å². The molecule has 0 radical (unpaired) electrons. The normalized spacial score (nSPS) is 12.3. The number of ether oxygens (including phenoxy) is 1. The molecule has 0 saturated carbocycles. The predicted molar refractivity (Wildman–Crippen MR) is 66.7 cm³/mol. The first-order valence-electron chi connectivity index (χ1n) is 5.39. The molecule has 0 aliphatic carbocycles. The Morgan fingerprint density at radius 1 is 1.38 bits per heavy atom. The van der Waals surface area contributed by atoms with Crippen molar-refractivity contribution in [1.82, 2.24) is 0 Å². The van der Waals surface area contributed by atoms with E-state index in [0.717, 1.165) is 16.9 Å². The van der Waals surface area contributed by atoms with Crippen molar-refractivity contribution in [2.24, 2.45) is 0 Å². The minimum absolute atomic E-state index is 0.0367. The smallest absolute Gasteiger partial charge is 0.180 e. The standard InChI is InChI=1S/C13H17ClO2/c1-5-16-12-7-8(2)11(6-9(12)3)13(15)10(4)14/h6-7,10H,5H2,1-4H3. The number of rotatable bonds is 4. The third kappa shape index (κ3) is 2.76. The van der Waals surface area contributed by atoms with Crippen LogP contribution >= 0.6 is 11.6 Å². The largest absolute Gasteiger partial charge is 0.494 e. The lowest BCUT2D eigenvalue weighted by Crippen LogP contribution is -2.12. The fraction of sp³-hybridized carbons (Fsp3) is 0.462. The number of carbonyl (C=O) groups is 1. The van der Waals surface area contributed by atoms with Crippen LogP contribution in [0.3, 0.4) is 0 Å². The minimum atomic E-state index is -0.490. The van der Waals surface area contributed by atoms with Crippen LogP contribution in [0.4, 0.5) is 0 Å². The number of benzene rings is 1. The predicted octanol–water partition coefficient (Wildman–Crippen LogP) is 3.51. The first kappa shape index (κ1) is 13.0. The summed E-state index contributed by atoms with van der Waals surface area (Å²) in [6.07, 6.45) is 0. The lowest BCUT2D eigenvalue weighted by atomic mass is 9.99. The van der Waals surface area contributed by atoms with Gasteiger partial charge in [-0.25, -0.2) is 0 Å². The Hall–Kier alpha value is -1.02. The van der Waals surface area contributed by atoms with Crippen molar-refractivity contribution in [3.8, 4) is 5.75 Å². The average Bonchev–Trinajstić information content (AvgIpc) is 2.22. The molecule has 1 aromatic carbocycles. The highest BCUT2D eigenvalue weighted by Crippen LogP contribution is 2.24. The summed E-state index contributed by atoms with van der Waals surface area (Å²) < 4.78 is 5.47. The minimum Gasteiger partial charge on any atom is -0.494 e. The second-order valence-electron chi connectivity index (χ2n) is 3.85. The lowest BCUT2D eigenvalue weighted by Gasteiger charge is -2.12. The number of halogens is 1. The highest BCUT2D eigenvalue weighted by molar-refractivity contribution is 6.33. The van der Waals surface area contributed by atoms with Crippen molar-refractivity contribution in [1.29, 1.82) is 0 Å². The highest BCUT2D eigenvalue weighted by Gasteiger charge is 2.16. The first-order chi connectivity index (χ1) is 7.47. The molecular formula is C13H17ClO2. The molecule has 0 aliphatic heterocycles. The lowest BCUT2D eigenvalue weighted by molar-refractivity contribution is 0.0991. The second kappa shape index (κ2) is 5.35. The summed E-state index contributed by atoms with van der Waals surface area (Å²) in [5.74, 6) is 0.795. The molecule has 3 heteroatoms. The molecule has 1 rings (SSSR count). The maximum absolute atomic E-state index is 11.8. The van der Waals surface area contributed by atoms with E-state index in [4.69, 9.17) is 16.3 Å². The number of ketones is 1. The van der Waals surface area contributed by atoms with E-state index in [9.17, 15) is 4.79 Å². The van der Waals surface area contributed by atoms with Crippen LogP contribution in [-0.4, -0.2) is 17.8 Å². The molecule has 0 saturated heterocycles. The first-order valence-corrected chi connectivity index (χ1v) is 5.83. The number of carbonyl (C=O) groups excluding carboxylic acids is 1. The number of hydrogen-bond donors (Lipinski definition) is 0. The molecule has 16 heavy (non-hydrogen) atoms. The van der Waals surface area contributed by atoms with Crippen LogP contribution < -0.4 is 4.74 Å². The molecule has 1 unspecified atom stereocenters. The van der Waals surface area contributed by atoms with Gasteiger partial charge in [0.2, 0.25) is 0 Å². The summed E-state index contributed by atoms with van der Waals surface area (Å²) >= 11 is 5.81. The molecule has 0 fully saturated rings. The number of Topliss-reactive ketones (excluding diaryl/α,β-unsaturated/α-hetero) is 1. The van der Waals surface area contributed by atoms with Crippen LogP contribution in [0.5, 0.6) is 5.75 Å². The van der Waals surface area contributed by atoms with Gasteiger partial charge in [0, 0.05) is 5.56 Å². The van der Waals surface area contributed by atoms with E-state index >= 15 is 0 Å². The summed E-state index contributed by atoms with van der Waals surface area (Å²) in [6.45, 7) is 8.08. The van der Waals surface area contributed by atoms with Gasteiger partial charge in [-0.1, -0.05) is 0 Å². The van der Waals surface area contributed by atoms with Gasteiger partial charge in [0.1, 0.15) is 5.75 Å². The van der Waals surface area contributed by atoms with Gasteiger partial charge in [-0.05, 0) is 51.0 Å². The van der Waals surface area contributed by atoms with Crippen molar-refractivity contribution >= 4 is 17.4 Å². The van der Waals surface area contributed by atoms with Crippen LogP contribution in [0.15, 0.2) is 12.1 Å². The van der Waals surface area contributed by atoms with Gasteiger partial charge in [-0.2, -0.15) is 0 Å². The van der Waals surface area contributed by atoms with Gasteiger partial charge in [-0.15, -0.1) is 11.6 Å². The fourth-order valence-corrected chi connectivity index (χ4v) is 1.70. The number of hydrogen-bond acceptors (Lipinski definition) is 2. The summed E-state index contributed by atoms with van der Waals surface area (Å²) in [7, 11) is 0. The van der Waals surface area contributed by atoms with Crippen LogP contribution in [0.1, 0.15) is 35.3 Å². The Kier molecular flexibility index (Phi) is 4.36. The summed E-state index contributed by atoms with van der Waals surface area (Å²) in [5, 5.41) is -0.490. The van der Waals surface area contributed by atoms with Crippen LogP contribution in [-0.2, 0) is 0 Å². The summed E-state index contributed by atoms with van der Waals surface area (Å²) in [6, 6.07) is 3.74. The molecule has 2 nitrogen and oxygen atoms in total. The van der Waals surface area contributed by atoms with E-state index < -0.39 is 5.38 Å². The van der Waals surface area contributed by atoms with E-state index in [1.54, 1.807) is 6.92 Å². The van der Waals surface area contributed by atoms with E-state index in [2.05, 4.69) is 0 Å². The van der Waals surface area contributed by atoms with Crippen molar-refractivity contribution in [3.05, 3.63) is 28.8 Å². The topological polar surface area (TPSA) is 26.3 Å². The van der Waals surface area contributed by atoms with Crippen LogP contribution in [0.2, 0.25) is 0 Å². The Morgan fingerprint density at radius 3 is 2.50 bits per heavy atom. The molecule has 0 amide bonds. The van der Waals surface area contributed by atoms with Gasteiger partial charge in [-0.3, -0.25) is 4.79 Å². The van der Waals surface area contributed by atoms with Crippen molar-refractivity contribution in [2.45, 2.75) is 33.1 Å². The Labute approximate surface area is 102 Å². The maximum atomic E-state index is 11.8. The molecule has 1 atom stereocenters. The van der Waals surface area contributed by atoms with Gasteiger partial charge in [0.05, 0.1) is 12.0 Å². The average molecular weight is 241 g/mol. The van der Waals surface area contributed by atoms with E-state index in [1.165, 1.54) is 0 Å². The molecule has 0 N–H and O–H groups in total. The monoisotopic (exact) mass is 240 g/mol. The van der Waals surface area contributed by atoms with Crippen molar-refractivity contribution < 1.29 is 9.53 Å². The van der Waals surface area contributed by atoms with Crippen LogP contribution in [0, 0.1) is 13.8 Å². The second-order valence-corrected chi connectivity index (χ2v) is 4.50. The zero-order valence-electron chi connectivity index (χ0n) is 10.1.